The maximum Gasteiger partial charge on any atom is 0.347 e. The molecule has 0 aromatic heterocycles. The molecule has 114 valence electrons. The first-order chi connectivity index (χ1) is 11.2. The monoisotopic (exact) mass is 307 g/mol. The summed E-state index contributed by atoms with van der Waals surface area (Å²) < 4.78 is 10.0. The maximum absolute atomic E-state index is 12.4. The molecular weight excluding hydrogens is 294 g/mol. The van der Waals surface area contributed by atoms with Crippen molar-refractivity contribution in [2.75, 3.05) is 6.61 Å². The molecule has 0 unspecified atom stereocenters. The first kappa shape index (κ1) is 14.8. The smallest absolute Gasteiger partial charge is 0.347 e. The van der Waals surface area contributed by atoms with Crippen molar-refractivity contribution in [2.24, 2.45) is 0 Å². The van der Waals surface area contributed by atoms with Crippen LogP contribution in [0.4, 0.5) is 0 Å². The Morgan fingerprint density at radius 2 is 1.83 bits per heavy atom. The molecule has 1 atom stereocenters. The summed E-state index contributed by atoms with van der Waals surface area (Å²) in [6.07, 6.45) is -0.497. The Kier molecular flexibility index (Phi) is 4.07. The van der Waals surface area contributed by atoms with Gasteiger partial charge in [-0.25, -0.2) is 9.59 Å². The number of carbonyl (C=O) groups is 2. The number of rotatable bonds is 3. The van der Waals surface area contributed by atoms with Gasteiger partial charge in [-0.3, -0.25) is 0 Å². The van der Waals surface area contributed by atoms with Gasteiger partial charge in [0.2, 0.25) is 6.10 Å². The van der Waals surface area contributed by atoms with Crippen LogP contribution in [0.5, 0.6) is 0 Å². The van der Waals surface area contributed by atoms with Crippen molar-refractivity contribution in [3.05, 3.63) is 59.7 Å². The van der Waals surface area contributed by atoms with E-state index in [0.717, 1.165) is 0 Å². The first-order valence-electron chi connectivity index (χ1n) is 7.17. The number of nitrogens with zero attached hydrogens (tertiary/aromatic N) is 1. The normalized spacial score (nSPS) is 16.5. The second-order valence-electron chi connectivity index (χ2n) is 5.05. The van der Waals surface area contributed by atoms with Gasteiger partial charge in [0.1, 0.15) is 0 Å². The third kappa shape index (κ3) is 2.92. The van der Waals surface area contributed by atoms with Crippen LogP contribution in [-0.2, 0) is 14.3 Å². The summed E-state index contributed by atoms with van der Waals surface area (Å²) in [6, 6.07) is 16.0. The van der Waals surface area contributed by atoms with Crippen LogP contribution in [0.25, 0.3) is 11.1 Å². The van der Waals surface area contributed by atoms with Gasteiger partial charge in [0.05, 0.1) is 23.8 Å². The Balaban J connectivity index is 1.96. The van der Waals surface area contributed by atoms with Gasteiger partial charge in [-0.1, -0.05) is 36.4 Å². The topological polar surface area (TPSA) is 76.4 Å². The van der Waals surface area contributed by atoms with Gasteiger partial charge in [0, 0.05) is 12.0 Å². The minimum atomic E-state index is -0.859. The van der Waals surface area contributed by atoms with E-state index < -0.39 is 18.0 Å². The lowest BCUT2D eigenvalue weighted by Crippen LogP contribution is -2.23. The van der Waals surface area contributed by atoms with Crippen molar-refractivity contribution in [1.82, 2.24) is 0 Å². The molecule has 0 bridgehead atoms. The second-order valence-corrected chi connectivity index (χ2v) is 5.05. The highest BCUT2D eigenvalue weighted by Crippen LogP contribution is 2.28. The van der Waals surface area contributed by atoms with Gasteiger partial charge < -0.3 is 9.47 Å². The molecule has 0 saturated carbocycles. The number of hydrogen-bond acceptors (Lipinski definition) is 5. The zero-order valence-electron chi connectivity index (χ0n) is 12.2. The fraction of sp³-hybridized carbons (Fsp3) is 0.167. The minimum Gasteiger partial charge on any atom is -0.463 e. The van der Waals surface area contributed by atoms with Gasteiger partial charge in [-0.2, -0.15) is 5.26 Å². The molecule has 1 heterocycles. The van der Waals surface area contributed by atoms with E-state index in [2.05, 4.69) is 6.07 Å². The average molecular weight is 307 g/mol. The van der Waals surface area contributed by atoms with Crippen molar-refractivity contribution < 1.29 is 19.1 Å². The van der Waals surface area contributed by atoms with E-state index in [9.17, 15) is 14.9 Å². The van der Waals surface area contributed by atoms with Crippen molar-refractivity contribution in [3.63, 3.8) is 0 Å². The van der Waals surface area contributed by atoms with Crippen LogP contribution in [0.2, 0.25) is 0 Å². The number of nitriles is 1. The van der Waals surface area contributed by atoms with Gasteiger partial charge in [0.15, 0.2) is 0 Å². The Morgan fingerprint density at radius 1 is 1.13 bits per heavy atom. The largest absolute Gasteiger partial charge is 0.463 e. The van der Waals surface area contributed by atoms with E-state index in [1.807, 2.05) is 0 Å². The Labute approximate surface area is 133 Å². The lowest BCUT2D eigenvalue weighted by atomic mass is 9.96. The predicted molar refractivity (Wildman–Crippen MR) is 81.4 cm³/mol. The summed E-state index contributed by atoms with van der Waals surface area (Å²) in [5.74, 6) is -1.12. The number of cyclic esters (lactones) is 1. The van der Waals surface area contributed by atoms with Crippen LogP contribution in [0.15, 0.2) is 48.5 Å². The molecule has 0 aliphatic carbocycles. The molecule has 1 aliphatic heterocycles. The van der Waals surface area contributed by atoms with Crippen LogP contribution >= 0.6 is 0 Å². The van der Waals surface area contributed by atoms with Crippen LogP contribution in [-0.4, -0.2) is 24.6 Å². The van der Waals surface area contributed by atoms with Crippen LogP contribution in [0.1, 0.15) is 22.3 Å². The quantitative estimate of drug-likeness (QED) is 0.815. The van der Waals surface area contributed by atoms with Crippen molar-refractivity contribution >= 4 is 11.9 Å². The van der Waals surface area contributed by atoms with Crippen LogP contribution in [0, 0.1) is 11.3 Å². The molecule has 5 nitrogen and oxygen atoms in total. The molecule has 0 N–H and O–H groups in total. The van der Waals surface area contributed by atoms with E-state index in [0.29, 0.717) is 28.7 Å². The molecule has 2 aromatic carbocycles. The molecule has 0 radical (unpaired) electrons. The summed E-state index contributed by atoms with van der Waals surface area (Å²) in [6.45, 7) is 0.260. The minimum absolute atomic E-state index is 0.260. The highest BCUT2D eigenvalue weighted by molar-refractivity contribution is 5.99. The summed E-state index contributed by atoms with van der Waals surface area (Å²) >= 11 is 0. The summed E-state index contributed by atoms with van der Waals surface area (Å²) in [5, 5.41) is 9.25. The number of benzene rings is 2. The zero-order valence-corrected chi connectivity index (χ0v) is 12.2. The highest BCUT2D eigenvalue weighted by atomic mass is 16.6. The van der Waals surface area contributed by atoms with E-state index in [1.54, 1.807) is 48.5 Å². The second kappa shape index (κ2) is 6.32. The summed E-state index contributed by atoms with van der Waals surface area (Å²) in [5.41, 5.74) is 2.03. The van der Waals surface area contributed by atoms with Crippen LogP contribution < -0.4 is 0 Å². The number of carbonyl (C=O) groups excluding carboxylic acids is 2. The fourth-order valence-electron chi connectivity index (χ4n) is 2.49. The molecule has 0 amide bonds. The third-order valence-corrected chi connectivity index (χ3v) is 3.62. The molecule has 2 aromatic rings. The lowest BCUT2D eigenvalue weighted by molar-refractivity contribution is -0.145. The Hall–Kier alpha value is -3.13. The molecule has 5 heteroatoms. The fourth-order valence-corrected chi connectivity index (χ4v) is 2.49. The first-order valence-corrected chi connectivity index (χ1v) is 7.17. The summed E-state index contributed by atoms with van der Waals surface area (Å²) in [7, 11) is 0. The van der Waals surface area contributed by atoms with E-state index in [-0.39, 0.29) is 6.61 Å². The van der Waals surface area contributed by atoms with E-state index in [4.69, 9.17) is 9.47 Å². The molecule has 0 spiro atoms. The standard InChI is InChI=1S/C18H13NO4/c19-11-12-5-1-2-6-13(12)14-7-3-4-8-15(14)17(20)23-16-9-10-22-18(16)21/h1-8,16H,9-10H2/t16-/m0/s1. The molecule has 23 heavy (non-hydrogen) atoms. The van der Waals surface area contributed by atoms with Crippen LogP contribution in [0.3, 0.4) is 0 Å². The van der Waals surface area contributed by atoms with Crippen molar-refractivity contribution in [2.45, 2.75) is 12.5 Å². The molecule has 1 aliphatic rings. The molecular formula is C18H13NO4. The summed E-state index contributed by atoms with van der Waals surface area (Å²) in [4.78, 5) is 23.9. The maximum atomic E-state index is 12.4. The SMILES string of the molecule is N#Cc1ccccc1-c1ccccc1C(=O)O[C@H]1CCOC1=O. The number of ether oxygens (including phenoxy) is 2. The zero-order chi connectivity index (χ0) is 16.2. The van der Waals surface area contributed by atoms with E-state index >= 15 is 0 Å². The van der Waals surface area contributed by atoms with E-state index in [1.165, 1.54) is 0 Å². The van der Waals surface area contributed by atoms with Gasteiger partial charge in [0.25, 0.3) is 0 Å². The lowest BCUT2D eigenvalue weighted by Gasteiger charge is -2.12. The average Bonchev–Trinajstić information content (AvgIpc) is 2.99. The van der Waals surface area contributed by atoms with Gasteiger partial charge in [-0.05, 0) is 17.7 Å². The Morgan fingerprint density at radius 3 is 2.52 bits per heavy atom. The Bertz CT molecular complexity index is 807. The number of esters is 2. The van der Waals surface area contributed by atoms with Gasteiger partial charge >= 0.3 is 11.9 Å². The highest BCUT2D eigenvalue weighted by Gasteiger charge is 2.31. The molecule has 3 rings (SSSR count). The third-order valence-electron chi connectivity index (χ3n) is 3.62. The molecule has 1 fully saturated rings. The number of hydrogen-bond donors (Lipinski definition) is 0. The predicted octanol–water partition coefficient (Wildman–Crippen LogP) is 2.70. The van der Waals surface area contributed by atoms with Crippen molar-refractivity contribution in [3.8, 4) is 17.2 Å². The van der Waals surface area contributed by atoms with Crippen molar-refractivity contribution in [1.29, 1.82) is 5.26 Å². The van der Waals surface area contributed by atoms with Gasteiger partial charge in [-0.15, -0.1) is 0 Å². The molecule has 1 saturated heterocycles.